The first-order valence-electron chi connectivity index (χ1n) is 7.62. The van der Waals surface area contributed by atoms with Gasteiger partial charge in [-0.1, -0.05) is 13.8 Å². The molecule has 0 saturated heterocycles. The molecule has 1 amide bonds. The summed E-state index contributed by atoms with van der Waals surface area (Å²) >= 11 is 0. The Morgan fingerprint density at radius 2 is 1.83 bits per heavy atom. The summed E-state index contributed by atoms with van der Waals surface area (Å²) in [6, 6.07) is 6.39. The molecule has 1 N–H and O–H groups in total. The van der Waals surface area contributed by atoms with E-state index in [4.69, 9.17) is 9.47 Å². The summed E-state index contributed by atoms with van der Waals surface area (Å²) in [6.45, 7) is 3.62. The fraction of sp³-hybridized carbons (Fsp3) is 0.529. The molecule has 0 aromatic heterocycles. The zero-order chi connectivity index (χ0) is 17.4. The first kappa shape index (κ1) is 19.0. The molecular weight excluding hydrogens is 298 g/mol. The van der Waals surface area contributed by atoms with Crippen molar-refractivity contribution in [3.8, 4) is 5.75 Å². The van der Waals surface area contributed by atoms with Gasteiger partial charge in [-0.05, 0) is 30.7 Å². The maximum atomic E-state index is 12.8. The number of hydrogen-bond acceptors (Lipinski definition) is 5. The van der Waals surface area contributed by atoms with Crippen LogP contribution in [0.15, 0.2) is 24.3 Å². The van der Waals surface area contributed by atoms with Crippen LogP contribution in [0.3, 0.4) is 0 Å². The first-order valence-corrected chi connectivity index (χ1v) is 7.62. The molecule has 0 aliphatic carbocycles. The summed E-state index contributed by atoms with van der Waals surface area (Å²) in [5, 5.41) is 9.55. The van der Waals surface area contributed by atoms with Crippen LogP contribution in [0.4, 0.5) is 0 Å². The van der Waals surface area contributed by atoms with Gasteiger partial charge in [-0.3, -0.25) is 9.59 Å². The molecule has 2 atom stereocenters. The van der Waals surface area contributed by atoms with Crippen LogP contribution in [0.1, 0.15) is 30.6 Å². The van der Waals surface area contributed by atoms with Crippen LogP contribution in [0.2, 0.25) is 0 Å². The molecule has 2 unspecified atom stereocenters. The van der Waals surface area contributed by atoms with Crippen molar-refractivity contribution in [3.05, 3.63) is 29.8 Å². The summed E-state index contributed by atoms with van der Waals surface area (Å²) < 4.78 is 9.80. The Morgan fingerprint density at radius 1 is 1.22 bits per heavy atom. The van der Waals surface area contributed by atoms with Crippen LogP contribution in [-0.4, -0.2) is 55.3 Å². The molecular formula is C17H25NO5. The van der Waals surface area contributed by atoms with Gasteiger partial charge in [0.1, 0.15) is 5.75 Å². The van der Waals surface area contributed by atoms with E-state index in [9.17, 15) is 14.7 Å². The molecule has 0 bridgehead atoms. The second-order valence-corrected chi connectivity index (χ2v) is 5.35. The van der Waals surface area contributed by atoms with Crippen LogP contribution >= 0.6 is 0 Å². The Kier molecular flexibility index (Phi) is 7.54. The van der Waals surface area contributed by atoms with E-state index in [1.54, 1.807) is 38.3 Å². The van der Waals surface area contributed by atoms with Gasteiger partial charge in [0, 0.05) is 12.1 Å². The molecule has 0 fully saturated rings. The Bertz CT molecular complexity index is 510. The Balaban J connectivity index is 3.01. The Morgan fingerprint density at radius 3 is 2.26 bits per heavy atom. The number of benzene rings is 1. The predicted octanol–water partition coefficient (Wildman–Crippen LogP) is 1.72. The summed E-state index contributed by atoms with van der Waals surface area (Å²) in [4.78, 5) is 26.0. The zero-order valence-electron chi connectivity index (χ0n) is 14.1. The van der Waals surface area contributed by atoms with Gasteiger partial charge in [-0.2, -0.15) is 0 Å². The van der Waals surface area contributed by atoms with E-state index < -0.39 is 5.92 Å². The molecule has 128 valence electrons. The normalized spacial score (nSPS) is 13.1. The lowest BCUT2D eigenvalue weighted by Crippen LogP contribution is -2.45. The number of carbonyl (C=O) groups excluding carboxylic acids is 2. The SMILES string of the molecule is CCC(CO)N(CC(C)C(=O)OC)C(=O)c1ccc(OC)cc1. The average Bonchev–Trinajstić information content (AvgIpc) is 2.60. The third-order valence-corrected chi connectivity index (χ3v) is 3.79. The molecule has 1 aromatic rings. The van der Waals surface area contributed by atoms with Crippen LogP contribution in [0.5, 0.6) is 5.75 Å². The number of hydrogen-bond donors (Lipinski definition) is 1. The highest BCUT2D eigenvalue weighted by Crippen LogP contribution is 2.17. The second-order valence-electron chi connectivity index (χ2n) is 5.35. The molecule has 0 saturated carbocycles. The van der Waals surface area contributed by atoms with E-state index in [-0.39, 0.29) is 31.1 Å². The summed E-state index contributed by atoms with van der Waals surface area (Å²) in [6.07, 6.45) is 0.590. The summed E-state index contributed by atoms with van der Waals surface area (Å²) in [7, 11) is 2.87. The van der Waals surface area contributed by atoms with Crippen molar-refractivity contribution in [1.29, 1.82) is 0 Å². The molecule has 1 rings (SSSR count). The average molecular weight is 323 g/mol. The Hall–Kier alpha value is -2.08. The molecule has 1 aromatic carbocycles. The number of carbonyl (C=O) groups is 2. The van der Waals surface area contributed by atoms with Crippen molar-refractivity contribution in [1.82, 2.24) is 4.90 Å². The molecule has 0 heterocycles. The molecule has 6 heteroatoms. The number of aliphatic hydroxyl groups is 1. The summed E-state index contributed by atoms with van der Waals surface area (Å²) in [5.41, 5.74) is 0.481. The maximum Gasteiger partial charge on any atom is 0.310 e. The van der Waals surface area contributed by atoms with E-state index in [1.165, 1.54) is 12.0 Å². The van der Waals surface area contributed by atoms with Gasteiger partial charge in [0.25, 0.3) is 5.91 Å². The second kappa shape index (κ2) is 9.15. The molecule has 0 spiro atoms. The van der Waals surface area contributed by atoms with Crippen molar-refractivity contribution in [2.24, 2.45) is 5.92 Å². The minimum atomic E-state index is -0.470. The van der Waals surface area contributed by atoms with Crippen LogP contribution in [-0.2, 0) is 9.53 Å². The minimum absolute atomic E-state index is 0.160. The number of ether oxygens (including phenoxy) is 2. The molecule has 0 aliphatic rings. The van der Waals surface area contributed by atoms with Gasteiger partial charge >= 0.3 is 5.97 Å². The van der Waals surface area contributed by atoms with Gasteiger partial charge in [-0.15, -0.1) is 0 Å². The lowest BCUT2D eigenvalue weighted by Gasteiger charge is -2.31. The molecule has 0 radical (unpaired) electrons. The van der Waals surface area contributed by atoms with E-state index in [1.807, 2.05) is 6.92 Å². The zero-order valence-corrected chi connectivity index (χ0v) is 14.1. The third-order valence-electron chi connectivity index (χ3n) is 3.79. The number of esters is 1. The van der Waals surface area contributed by atoms with Crippen molar-refractivity contribution in [3.63, 3.8) is 0 Å². The van der Waals surface area contributed by atoms with E-state index in [0.717, 1.165) is 0 Å². The van der Waals surface area contributed by atoms with Crippen molar-refractivity contribution in [2.45, 2.75) is 26.3 Å². The smallest absolute Gasteiger partial charge is 0.310 e. The van der Waals surface area contributed by atoms with Gasteiger partial charge in [0.2, 0.25) is 0 Å². The van der Waals surface area contributed by atoms with Crippen molar-refractivity contribution < 1.29 is 24.2 Å². The number of nitrogens with zero attached hydrogens (tertiary/aromatic N) is 1. The van der Waals surface area contributed by atoms with Crippen molar-refractivity contribution >= 4 is 11.9 Å². The summed E-state index contributed by atoms with van der Waals surface area (Å²) in [5.74, 6) is -0.428. The predicted molar refractivity (Wildman–Crippen MR) is 86.4 cm³/mol. The third kappa shape index (κ3) is 4.96. The lowest BCUT2D eigenvalue weighted by molar-refractivity contribution is -0.145. The molecule has 6 nitrogen and oxygen atoms in total. The van der Waals surface area contributed by atoms with E-state index in [2.05, 4.69) is 0 Å². The number of rotatable bonds is 8. The lowest BCUT2D eigenvalue weighted by atomic mass is 10.1. The first-order chi connectivity index (χ1) is 11.0. The van der Waals surface area contributed by atoms with Gasteiger partial charge < -0.3 is 19.5 Å². The van der Waals surface area contributed by atoms with Crippen LogP contribution in [0.25, 0.3) is 0 Å². The number of aliphatic hydroxyl groups excluding tert-OH is 1. The Labute approximate surface area is 137 Å². The molecule has 0 aliphatic heterocycles. The van der Waals surface area contributed by atoms with E-state index >= 15 is 0 Å². The van der Waals surface area contributed by atoms with E-state index in [0.29, 0.717) is 17.7 Å². The highest BCUT2D eigenvalue weighted by molar-refractivity contribution is 5.94. The van der Waals surface area contributed by atoms with Gasteiger partial charge in [0.05, 0.1) is 32.8 Å². The topological polar surface area (TPSA) is 76.1 Å². The van der Waals surface area contributed by atoms with Crippen LogP contribution in [0, 0.1) is 5.92 Å². The fourth-order valence-electron chi connectivity index (χ4n) is 2.32. The quantitative estimate of drug-likeness (QED) is 0.737. The highest BCUT2D eigenvalue weighted by atomic mass is 16.5. The number of amides is 1. The number of methoxy groups -OCH3 is 2. The van der Waals surface area contributed by atoms with Gasteiger partial charge in [0.15, 0.2) is 0 Å². The standard InChI is InChI=1S/C17H25NO5/c1-5-14(11-19)18(10-12(2)17(21)23-4)16(20)13-6-8-15(22-3)9-7-13/h6-9,12,14,19H,5,10-11H2,1-4H3. The maximum absolute atomic E-state index is 12.8. The highest BCUT2D eigenvalue weighted by Gasteiger charge is 2.27. The fourth-order valence-corrected chi connectivity index (χ4v) is 2.32. The van der Waals surface area contributed by atoms with Crippen LogP contribution < -0.4 is 4.74 Å². The monoisotopic (exact) mass is 323 g/mol. The molecule has 23 heavy (non-hydrogen) atoms. The van der Waals surface area contributed by atoms with Gasteiger partial charge in [-0.25, -0.2) is 0 Å². The van der Waals surface area contributed by atoms with Crippen molar-refractivity contribution in [2.75, 3.05) is 27.4 Å². The largest absolute Gasteiger partial charge is 0.497 e. The minimum Gasteiger partial charge on any atom is -0.497 e.